The first-order valence-corrected chi connectivity index (χ1v) is 10.5. The van der Waals surface area contributed by atoms with Crippen LogP contribution >= 0.6 is 27.3 Å². The fraction of sp³-hybridized carbons (Fsp3) is 0.368. The summed E-state index contributed by atoms with van der Waals surface area (Å²) in [6.07, 6.45) is 1.15. The summed E-state index contributed by atoms with van der Waals surface area (Å²) in [5.74, 6) is 1.28. The van der Waals surface area contributed by atoms with Crippen LogP contribution < -0.4 is 0 Å². The molecule has 1 saturated heterocycles. The van der Waals surface area contributed by atoms with Crippen LogP contribution in [0.5, 0.6) is 0 Å². The minimum atomic E-state index is 0.585. The Morgan fingerprint density at radius 1 is 1.00 bits per heavy atom. The molecule has 0 aliphatic carbocycles. The first-order chi connectivity index (χ1) is 12.8. The maximum atomic E-state index is 5.84. The van der Waals surface area contributed by atoms with Crippen molar-refractivity contribution >= 4 is 27.3 Å². The van der Waals surface area contributed by atoms with Crippen molar-refractivity contribution in [1.82, 2.24) is 20.0 Å². The van der Waals surface area contributed by atoms with Crippen LogP contribution in [0.1, 0.15) is 10.8 Å². The predicted octanol–water partition coefficient (Wildman–Crippen LogP) is 3.92. The van der Waals surface area contributed by atoms with Crippen LogP contribution in [0.25, 0.3) is 11.5 Å². The molecule has 1 aliphatic heterocycles. The Balaban J connectivity index is 1.26. The van der Waals surface area contributed by atoms with Crippen LogP contribution in [-0.2, 0) is 13.0 Å². The van der Waals surface area contributed by atoms with E-state index in [-0.39, 0.29) is 0 Å². The second kappa shape index (κ2) is 8.43. The van der Waals surface area contributed by atoms with Gasteiger partial charge in [0.2, 0.25) is 11.8 Å². The van der Waals surface area contributed by atoms with Crippen LogP contribution in [0.3, 0.4) is 0 Å². The van der Waals surface area contributed by atoms with Crippen molar-refractivity contribution in [2.75, 3.05) is 32.7 Å². The smallest absolute Gasteiger partial charge is 0.247 e. The highest BCUT2D eigenvalue weighted by Crippen LogP contribution is 2.21. The van der Waals surface area contributed by atoms with E-state index in [0.29, 0.717) is 11.8 Å². The van der Waals surface area contributed by atoms with Gasteiger partial charge in [-0.1, -0.05) is 22.0 Å². The number of halogens is 1. The Hall–Kier alpha value is -1.54. The lowest BCUT2D eigenvalue weighted by atomic mass is 10.2. The summed E-state index contributed by atoms with van der Waals surface area (Å²) in [7, 11) is 0. The number of hydrogen-bond acceptors (Lipinski definition) is 6. The normalized spacial score (nSPS) is 16.2. The monoisotopic (exact) mass is 432 g/mol. The molecule has 3 aromatic rings. The van der Waals surface area contributed by atoms with Crippen molar-refractivity contribution in [3.63, 3.8) is 0 Å². The zero-order valence-corrected chi connectivity index (χ0v) is 16.9. The standard InChI is InChI=1S/C19H21BrN4OS/c20-16-5-3-15(4-6-16)19-22-21-18(25-19)14-24-11-9-23(10-12-24)8-7-17-2-1-13-26-17/h1-6,13H,7-12,14H2. The summed E-state index contributed by atoms with van der Waals surface area (Å²) in [6, 6.07) is 12.3. The fourth-order valence-corrected chi connectivity index (χ4v) is 4.07. The number of aromatic nitrogens is 2. The van der Waals surface area contributed by atoms with E-state index in [1.165, 1.54) is 4.88 Å². The summed E-state index contributed by atoms with van der Waals surface area (Å²) in [5.41, 5.74) is 0.949. The summed E-state index contributed by atoms with van der Waals surface area (Å²) in [6.45, 7) is 6.14. The molecule has 1 aliphatic rings. The van der Waals surface area contributed by atoms with E-state index >= 15 is 0 Å². The van der Waals surface area contributed by atoms with Crippen molar-refractivity contribution in [2.24, 2.45) is 0 Å². The molecular weight excluding hydrogens is 412 g/mol. The zero-order chi connectivity index (χ0) is 17.8. The van der Waals surface area contributed by atoms with E-state index in [0.717, 1.165) is 55.7 Å². The van der Waals surface area contributed by atoms with Gasteiger partial charge in [-0.3, -0.25) is 4.90 Å². The number of hydrogen-bond donors (Lipinski definition) is 0. The molecule has 5 nitrogen and oxygen atoms in total. The molecule has 0 radical (unpaired) electrons. The highest BCUT2D eigenvalue weighted by atomic mass is 79.9. The molecule has 0 spiro atoms. The number of benzene rings is 1. The van der Waals surface area contributed by atoms with Gasteiger partial charge in [0.1, 0.15) is 0 Å². The predicted molar refractivity (Wildman–Crippen MR) is 107 cm³/mol. The van der Waals surface area contributed by atoms with Crippen LogP contribution in [0.2, 0.25) is 0 Å². The quantitative estimate of drug-likeness (QED) is 0.590. The molecule has 3 heterocycles. The van der Waals surface area contributed by atoms with E-state index in [9.17, 15) is 0 Å². The van der Waals surface area contributed by atoms with Gasteiger partial charge in [0, 0.05) is 47.6 Å². The minimum Gasteiger partial charge on any atom is -0.419 e. The van der Waals surface area contributed by atoms with Crippen LogP contribution in [0.4, 0.5) is 0 Å². The minimum absolute atomic E-state index is 0.585. The first-order valence-electron chi connectivity index (χ1n) is 8.82. The van der Waals surface area contributed by atoms with Gasteiger partial charge in [-0.2, -0.15) is 0 Å². The average Bonchev–Trinajstić information content (AvgIpc) is 3.34. The molecule has 136 valence electrons. The molecule has 0 unspecified atom stereocenters. The van der Waals surface area contributed by atoms with Gasteiger partial charge in [-0.15, -0.1) is 21.5 Å². The van der Waals surface area contributed by atoms with Crippen molar-refractivity contribution in [2.45, 2.75) is 13.0 Å². The van der Waals surface area contributed by atoms with Gasteiger partial charge in [0.25, 0.3) is 0 Å². The molecule has 1 aromatic carbocycles. The van der Waals surface area contributed by atoms with Crippen LogP contribution in [0.15, 0.2) is 50.7 Å². The highest BCUT2D eigenvalue weighted by molar-refractivity contribution is 9.10. The Kier molecular flexibility index (Phi) is 5.79. The maximum absolute atomic E-state index is 5.84. The summed E-state index contributed by atoms with van der Waals surface area (Å²) < 4.78 is 6.88. The van der Waals surface area contributed by atoms with E-state index in [1.54, 1.807) is 0 Å². The lowest BCUT2D eigenvalue weighted by Gasteiger charge is -2.33. The largest absolute Gasteiger partial charge is 0.419 e. The maximum Gasteiger partial charge on any atom is 0.247 e. The van der Waals surface area contributed by atoms with Crippen LogP contribution in [-0.4, -0.2) is 52.7 Å². The molecule has 0 atom stereocenters. The van der Waals surface area contributed by atoms with E-state index < -0.39 is 0 Å². The van der Waals surface area contributed by atoms with Gasteiger partial charge < -0.3 is 9.32 Å². The van der Waals surface area contributed by atoms with Gasteiger partial charge in [0.05, 0.1) is 6.54 Å². The molecule has 7 heteroatoms. The molecule has 26 heavy (non-hydrogen) atoms. The van der Waals surface area contributed by atoms with E-state index in [4.69, 9.17) is 4.42 Å². The van der Waals surface area contributed by atoms with E-state index in [1.807, 2.05) is 35.6 Å². The topological polar surface area (TPSA) is 45.4 Å². The van der Waals surface area contributed by atoms with Gasteiger partial charge in [0.15, 0.2) is 0 Å². The number of nitrogens with zero attached hydrogens (tertiary/aromatic N) is 4. The molecule has 1 fully saturated rings. The SMILES string of the molecule is Brc1ccc(-c2nnc(CN3CCN(CCc4cccs4)CC3)o2)cc1. The van der Waals surface area contributed by atoms with Crippen molar-refractivity contribution in [3.8, 4) is 11.5 Å². The van der Waals surface area contributed by atoms with E-state index in [2.05, 4.69) is 53.4 Å². The second-order valence-corrected chi connectivity index (χ2v) is 8.40. The van der Waals surface area contributed by atoms with Crippen molar-refractivity contribution < 1.29 is 4.42 Å². The van der Waals surface area contributed by atoms with Crippen molar-refractivity contribution in [1.29, 1.82) is 0 Å². The lowest BCUT2D eigenvalue weighted by Crippen LogP contribution is -2.46. The molecular formula is C19H21BrN4OS. The van der Waals surface area contributed by atoms with Crippen molar-refractivity contribution in [3.05, 3.63) is 57.0 Å². The summed E-state index contributed by atoms with van der Waals surface area (Å²) in [5, 5.41) is 10.6. The van der Waals surface area contributed by atoms with Gasteiger partial charge >= 0.3 is 0 Å². The fourth-order valence-electron chi connectivity index (χ4n) is 3.11. The summed E-state index contributed by atoms with van der Waals surface area (Å²) >= 11 is 5.29. The Morgan fingerprint density at radius 2 is 1.77 bits per heavy atom. The average molecular weight is 433 g/mol. The van der Waals surface area contributed by atoms with Crippen LogP contribution in [0, 0.1) is 0 Å². The molecule has 0 bridgehead atoms. The molecule has 0 amide bonds. The number of rotatable bonds is 6. The number of piperazine rings is 1. The Morgan fingerprint density at radius 3 is 2.50 bits per heavy atom. The molecule has 2 aromatic heterocycles. The third-order valence-electron chi connectivity index (χ3n) is 4.64. The second-order valence-electron chi connectivity index (χ2n) is 6.45. The molecule has 0 N–H and O–H groups in total. The highest BCUT2D eigenvalue weighted by Gasteiger charge is 2.19. The third-order valence-corrected chi connectivity index (χ3v) is 6.10. The third kappa shape index (κ3) is 4.59. The Bertz CT molecular complexity index is 810. The number of thiophene rings is 1. The summed E-state index contributed by atoms with van der Waals surface area (Å²) in [4.78, 5) is 6.40. The Labute approximate surface area is 165 Å². The zero-order valence-electron chi connectivity index (χ0n) is 14.5. The molecule has 0 saturated carbocycles. The first kappa shape index (κ1) is 17.9. The molecule has 4 rings (SSSR count). The van der Waals surface area contributed by atoms with Gasteiger partial charge in [-0.05, 0) is 42.1 Å². The van der Waals surface area contributed by atoms with Gasteiger partial charge in [-0.25, -0.2) is 0 Å². The lowest BCUT2D eigenvalue weighted by molar-refractivity contribution is 0.120.